The summed E-state index contributed by atoms with van der Waals surface area (Å²) in [4.78, 5) is 12.5. The van der Waals surface area contributed by atoms with Gasteiger partial charge in [0, 0.05) is 18.5 Å². The van der Waals surface area contributed by atoms with Gasteiger partial charge in [-0.2, -0.15) is 0 Å². The topological polar surface area (TPSA) is 56.8 Å². The highest BCUT2D eigenvalue weighted by Gasteiger charge is 2.18. The van der Waals surface area contributed by atoms with Crippen LogP contribution in [-0.4, -0.2) is 25.7 Å². The number of ether oxygens (including phenoxy) is 3. The molecule has 0 atom stereocenters. The summed E-state index contributed by atoms with van der Waals surface area (Å²) in [6.07, 6.45) is 2.67. The van der Waals surface area contributed by atoms with Crippen molar-refractivity contribution in [3.63, 3.8) is 0 Å². The Balaban J connectivity index is 1.46. The molecule has 4 rings (SSSR count). The highest BCUT2D eigenvalue weighted by atomic mass is 35.5. The van der Waals surface area contributed by atoms with Crippen LogP contribution in [0.4, 0.5) is 0 Å². The van der Waals surface area contributed by atoms with Gasteiger partial charge in [-0.3, -0.25) is 4.79 Å². The van der Waals surface area contributed by atoms with Crippen molar-refractivity contribution in [2.24, 2.45) is 0 Å². The monoisotopic (exact) mass is 371 g/mol. The minimum atomic E-state index is -0.164. The van der Waals surface area contributed by atoms with Gasteiger partial charge in [-0.1, -0.05) is 29.8 Å². The molecule has 0 saturated carbocycles. The number of hydrogen-bond donors (Lipinski definition) is 1. The second kappa shape index (κ2) is 7.30. The van der Waals surface area contributed by atoms with E-state index in [2.05, 4.69) is 5.32 Å². The average molecular weight is 372 g/mol. The zero-order valence-corrected chi connectivity index (χ0v) is 14.8. The van der Waals surface area contributed by atoms with Crippen molar-refractivity contribution in [1.82, 2.24) is 5.32 Å². The molecule has 1 N–H and O–H groups in total. The smallest absolute Gasteiger partial charge is 0.250 e. The van der Waals surface area contributed by atoms with Crippen LogP contribution in [0.15, 0.2) is 42.0 Å². The summed E-state index contributed by atoms with van der Waals surface area (Å²) < 4.78 is 16.9. The predicted molar refractivity (Wildman–Crippen MR) is 98.8 cm³/mol. The normalized spacial score (nSPS) is 15.2. The SMILES string of the molecule is O=C(NCc1cc(Cl)c2c(c1)OCCCO2)C1=Cc2ccccc2OC1. The third-order valence-corrected chi connectivity index (χ3v) is 4.52. The van der Waals surface area contributed by atoms with Gasteiger partial charge in [-0.15, -0.1) is 0 Å². The molecule has 2 aliphatic heterocycles. The number of nitrogens with one attached hydrogen (secondary N) is 1. The minimum Gasteiger partial charge on any atom is -0.489 e. The molecule has 0 radical (unpaired) electrons. The van der Waals surface area contributed by atoms with E-state index in [4.69, 9.17) is 25.8 Å². The first-order chi connectivity index (χ1) is 12.7. The standard InChI is InChI=1S/C20H18ClNO4/c21-16-8-13(9-18-19(16)25-7-3-6-24-18)11-22-20(23)15-10-14-4-1-2-5-17(14)26-12-15/h1-2,4-5,8-10H,3,6-7,11-12H2,(H,22,23). The molecule has 5 nitrogen and oxygen atoms in total. The van der Waals surface area contributed by atoms with Crippen molar-refractivity contribution in [2.45, 2.75) is 13.0 Å². The first kappa shape index (κ1) is 16.8. The van der Waals surface area contributed by atoms with E-state index in [1.807, 2.05) is 36.4 Å². The fraction of sp³-hybridized carbons (Fsp3) is 0.250. The Bertz CT molecular complexity index is 878. The lowest BCUT2D eigenvalue weighted by atomic mass is 10.1. The van der Waals surface area contributed by atoms with Crippen molar-refractivity contribution in [3.05, 3.63) is 58.1 Å². The van der Waals surface area contributed by atoms with E-state index in [1.54, 1.807) is 6.07 Å². The molecule has 26 heavy (non-hydrogen) atoms. The number of fused-ring (bicyclic) bond motifs is 2. The molecule has 0 bridgehead atoms. The summed E-state index contributed by atoms with van der Waals surface area (Å²) in [5.74, 6) is 1.81. The third kappa shape index (κ3) is 3.48. The van der Waals surface area contributed by atoms with Crippen LogP contribution >= 0.6 is 11.6 Å². The van der Waals surface area contributed by atoms with Gasteiger partial charge in [0.05, 0.1) is 23.8 Å². The van der Waals surface area contributed by atoms with Crippen molar-refractivity contribution in [3.8, 4) is 17.2 Å². The van der Waals surface area contributed by atoms with Gasteiger partial charge in [0.25, 0.3) is 5.91 Å². The molecule has 2 aromatic rings. The Morgan fingerprint density at radius 2 is 1.92 bits per heavy atom. The van der Waals surface area contributed by atoms with Gasteiger partial charge in [-0.25, -0.2) is 0 Å². The fourth-order valence-corrected chi connectivity index (χ4v) is 3.22. The summed E-state index contributed by atoms with van der Waals surface area (Å²) in [6, 6.07) is 11.3. The molecule has 134 valence electrons. The molecule has 2 aromatic carbocycles. The van der Waals surface area contributed by atoms with Crippen molar-refractivity contribution < 1.29 is 19.0 Å². The zero-order chi connectivity index (χ0) is 17.9. The van der Waals surface area contributed by atoms with E-state index >= 15 is 0 Å². The Morgan fingerprint density at radius 1 is 1.08 bits per heavy atom. The summed E-state index contributed by atoms with van der Waals surface area (Å²) in [5, 5.41) is 3.40. The van der Waals surface area contributed by atoms with Crippen LogP contribution in [-0.2, 0) is 11.3 Å². The van der Waals surface area contributed by atoms with Gasteiger partial charge in [0.15, 0.2) is 11.5 Å². The first-order valence-corrected chi connectivity index (χ1v) is 8.87. The third-order valence-electron chi connectivity index (χ3n) is 4.24. The minimum absolute atomic E-state index is 0.164. The van der Waals surface area contributed by atoms with Crippen LogP contribution in [0, 0.1) is 0 Å². The number of para-hydroxylation sites is 1. The van der Waals surface area contributed by atoms with Gasteiger partial charge in [0.1, 0.15) is 12.4 Å². The number of benzene rings is 2. The Hall–Kier alpha value is -2.66. The molecular weight excluding hydrogens is 354 g/mol. The largest absolute Gasteiger partial charge is 0.489 e. The molecular formula is C20H18ClNO4. The number of carbonyl (C=O) groups is 1. The quantitative estimate of drug-likeness (QED) is 0.895. The van der Waals surface area contributed by atoms with Crippen molar-refractivity contribution in [2.75, 3.05) is 19.8 Å². The number of amides is 1. The summed E-state index contributed by atoms with van der Waals surface area (Å²) in [5.41, 5.74) is 2.34. The lowest BCUT2D eigenvalue weighted by Gasteiger charge is -2.17. The number of hydrogen-bond acceptors (Lipinski definition) is 4. The predicted octanol–water partition coefficient (Wildman–Crippen LogP) is 3.59. The highest BCUT2D eigenvalue weighted by Crippen LogP contribution is 2.38. The van der Waals surface area contributed by atoms with Crippen LogP contribution in [0.5, 0.6) is 17.2 Å². The van der Waals surface area contributed by atoms with E-state index < -0.39 is 0 Å². The number of rotatable bonds is 3. The van der Waals surface area contributed by atoms with Crippen molar-refractivity contribution >= 4 is 23.6 Å². The van der Waals surface area contributed by atoms with Crippen LogP contribution in [0.1, 0.15) is 17.5 Å². The molecule has 0 aliphatic carbocycles. The summed E-state index contributed by atoms with van der Waals surface area (Å²) >= 11 is 6.29. The Morgan fingerprint density at radius 3 is 2.85 bits per heavy atom. The molecule has 0 unspecified atom stereocenters. The molecule has 2 heterocycles. The maximum atomic E-state index is 12.5. The van der Waals surface area contributed by atoms with E-state index in [1.165, 1.54) is 0 Å². The van der Waals surface area contributed by atoms with E-state index in [0.29, 0.717) is 41.9 Å². The van der Waals surface area contributed by atoms with Gasteiger partial charge in [-0.05, 0) is 29.8 Å². The second-order valence-corrected chi connectivity index (χ2v) is 6.54. The van der Waals surface area contributed by atoms with Crippen molar-refractivity contribution in [1.29, 1.82) is 0 Å². The molecule has 0 aromatic heterocycles. The van der Waals surface area contributed by atoms with Crippen LogP contribution in [0.2, 0.25) is 5.02 Å². The molecule has 0 saturated heterocycles. The molecule has 6 heteroatoms. The second-order valence-electron chi connectivity index (χ2n) is 6.13. The molecule has 0 spiro atoms. The number of carbonyl (C=O) groups excluding carboxylic acids is 1. The summed E-state index contributed by atoms with van der Waals surface area (Å²) in [6.45, 7) is 1.76. The average Bonchev–Trinajstić information content (AvgIpc) is 2.91. The lowest BCUT2D eigenvalue weighted by molar-refractivity contribution is -0.117. The highest BCUT2D eigenvalue weighted by molar-refractivity contribution is 6.32. The van der Waals surface area contributed by atoms with E-state index in [0.717, 1.165) is 23.3 Å². The van der Waals surface area contributed by atoms with Gasteiger partial charge in [0.2, 0.25) is 0 Å². The molecule has 2 aliphatic rings. The Labute approximate surface area is 156 Å². The van der Waals surface area contributed by atoms with E-state index in [9.17, 15) is 4.79 Å². The maximum absolute atomic E-state index is 12.5. The van der Waals surface area contributed by atoms with Gasteiger partial charge >= 0.3 is 0 Å². The van der Waals surface area contributed by atoms with Gasteiger partial charge < -0.3 is 19.5 Å². The molecule has 0 fully saturated rings. The summed E-state index contributed by atoms with van der Waals surface area (Å²) in [7, 11) is 0. The van der Waals surface area contributed by atoms with Crippen LogP contribution < -0.4 is 19.5 Å². The molecule has 1 amide bonds. The Kier molecular flexibility index (Phi) is 4.71. The van der Waals surface area contributed by atoms with Crippen LogP contribution in [0.25, 0.3) is 6.08 Å². The maximum Gasteiger partial charge on any atom is 0.250 e. The first-order valence-electron chi connectivity index (χ1n) is 8.49. The lowest BCUT2D eigenvalue weighted by Crippen LogP contribution is -2.28. The van der Waals surface area contributed by atoms with Crippen LogP contribution in [0.3, 0.4) is 0 Å². The fourth-order valence-electron chi connectivity index (χ4n) is 2.93. The number of halogens is 1. The van der Waals surface area contributed by atoms with E-state index in [-0.39, 0.29) is 12.5 Å². The zero-order valence-electron chi connectivity index (χ0n) is 14.1.